The number of ether oxygens (including phenoxy) is 1. The largest absolute Gasteiger partial charge is 0.411 e. The van der Waals surface area contributed by atoms with Crippen molar-refractivity contribution < 1.29 is 9.53 Å². The van der Waals surface area contributed by atoms with Gasteiger partial charge in [0.1, 0.15) is 2.88 Å². The van der Waals surface area contributed by atoms with Crippen LogP contribution in [0.1, 0.15) is 0 Å². The number of carbonyl (C=O) groups is 1. The number of primary amides is 1. The summed E-state index contributed by atoms with van der Waals surface area (Å²) >= 11 is 3.40. The smallest absolute Gasteiger partial charge is 0.389 e. The Labute approximate surface area is 74.5 Å². The zero-order valence-electron chi connectivity index (χ0n) is 4.70. The Balaban J connectivity index is 2.74. The normalized spacial score (nSPS) is 9.30. The lowest BCUT2D eigenvalue weighted by Gasteiger charge is -1.93. The maximum absolute atomic E-state index is 10.2. The molecule has 0 aromatic carbocycles. The maximum Gasteiger partial charge on any atom is 0.411 e. The third-order valence-corrected chi connectivity index (χ3v) is 2.51. The van der Waals surface area contributed by atoms with Crippen molar-refractivity contribution in [3.8, 4) is 5.88 Å². The molecule has 1 amide bonds. The summed E-state index contributed by atoms with van der Waals surface area (Å²) in [7, 11) is 0. The summed E-state index contributed by atoms with van der Waals surface area (Å²) in [4.78, 5) is 13.9. The molecule has 0 aliphatic heterocycles. The van der Waals surface area contributed by atoms with Crippen molar-refractivity contribution in [3.63, 3.8) is 0 Å². The molecule has 1 rings (SSSR count). The van der Waals surface area contributed by atoms with Gasteiger partial charge >= 0.3 is 6.09 Å². The van der Waals surface area contributed by atoms with Gasteiger partial charge in [0.15, 0.2) is 0 Å². The second-order valence-electron chi connectivity index (χ2n) is 1.35. The van der Waals surface area contributed by atoms with Gasteiger partial charge in [0, 0.05) is 0 Å². The molecule has 0 aliphatic carbocycles. The van der Waals surface area contributed by atoms with E-state index in [9.17, 15) is 4.79 Å². The Hall–Kier alpha value is -0.370. The number of hydrogen-bond acceptors (Lipinski definition) is 4. The summed E-state index contributed by atoms with van der Waals surface area (Å²) in [6.45, 7) is 0. The third kappa shape index (κ3) is 1.81. The molecule has 0 unspecified atom stereocenters. The molecule has 0 fully saturated rings. The highest BCUT2D eigenvalue weighted by molar-refractivity contribution is 14.1. The van der Waals surface area contributed by atoms with Crippen molar-refractivity contribution >= 4 is 40.0 Å². The molecular weight excluding hydrogens is 267 g/mol. The van der Waals surface area contributed by atoms with E-state index in [0.29, 0.717) is 0 Å². The fourth-order valence-corrected chi connectivity index (χ4v) is 1.41. The van der Waals surface area contributed by atoms with Gasteiger partial charge in [0.2, 0.25) is 5.88 Å². The molecule has 1 aromatic heterocycles. The van der Waals surface area contributed by atoms with Crippen molar-refractivity contribution in [2.75, 3.05) is 0 Å². The average molecular weight is 270 g/mol. The number of carbonyl (C=O) groups excluding carboxylic acids is 1. The van der Waals surface area contributed by atoms with Gasteiger partial charge in [-0.2, -0.15) is 0 Å². The standard InChI is InChI=1S/C4H3IN2O2S/c5-2-3(7-1-10-2)9-4(6)8/h1H,(H2,6,8). The number of halogens is 1. The van der Waals surface area contributed by atoms with Crippen molar-refractivity contribution in [3.05, 3.63) is 8.39 Å². The summed E-state index contributed by atoms with van der Waals surface area (Å²) in [6.07, 6.45) is -0.830. The van der Waals surface area contributed by atoms with Gasteiger partial charge in [0.05, 0.1) is 5.51 Å². The minimum Gasteiger partial charge on any atom is -0.389 e. The minimum atomic E-state index is -0.830. The summed E-state index contributed by atoms with van der Waals surface area (Å²) in [5.41, 5.74) is 6.34. The van der Waals surface area contributed by atoms with Crippen LogP contribution in [-0.4, -0.2) is 11.1 Å². The van der Waals surface area contributed by atoms with E-state index in [1.807, 2.05) is 22.6 Å². The number of amides is 1. The third-order valence-electron chi connectivity index (χ3n) is 0.692. The summed E-state index contributed by atoms with van der Waals surface area (Å²) in [6, 6.07) is 0. The van der Waals surface area contributed by atoms with E-state index >= 15 is 0 Å². The molecule has 0 saturated heterocycles. The van der Waals surface area contributed by atoms with Crippen LogP contribution in [0.3, 0.4) is 0 Å². The zero-order valence-corrected chi connectivity index (χ0v) is 7.68. The molecule has 0 spiro atoms. The van der Waals surface area contributed by atoms with E-state index in [1.54, 1.807) is 5.51 Å². The minimum absolute atomic E-state index is 0.290. The molecule has 54 valence electrons. The molecule has 6 heteroatoms. The lowest BCUT2D eigenvalue weighted by molar-refractivity contribution is 0.209. The second kappa shape index (κ2) is 3.15. The topological polar surface area (TPSA) is 65.2 Å². The Kier molecular flexibility index (Phi) is 2.44. The molecule has 1 aromatic rings. The van der Waals surface area contributed by atoms with Crippen LogP contribution in [0.4, 0.5) is 4.79 Å². The van der Waals surface area contributed by atoms with Crippen LogP contribution >= 0.6 is 33.9 Å². The maximum atomic E-state index is 10.2. The molecule has 0 saturated carbocycles. The lowest BCUT2D eigenvalue weighted by atomic mass is 10.9. The highest BCUT2D eigenvalue weighted by atomic mass is 127. The van der Waals surface area contributed by atoms with Crippen LogP contribution in [0.15, 0.2) is 5.51 Å². The van der Waals surface area contributed by atoms with Gasteiger partial charge in [-0.1, -0.05) is 0 Å². The number of nitrogens with two attached hydrogens (primary N) is 1. The van der Waals surface area contributed by atoms with Gasteiger partial charge in [-0.05, 0) is 22.6 Å². The summed E-state index contributed by atoms with van der Waals surface area (Å²) < 4.78 is 5.33. The van der Waals surface area contributed by atoms with E-state index < -0.39 is 6.09 Å². The number of rotatable bonds is 1. The molecular formula is C4H3IN2O2S. The Morgan fingerprint density at radius 1 is 1.90 bits per heavy atom. The second-order valence-corrected chi connectivity index (χ2v) is 4.02. The summed E-state index contributed by atoms with van der Waals surface area (Å²) in [5, 5.41) is 0. The van der Waals surface area contributed by atoms with Gasteiger partial charge in [-0.15, -0.1) is 11.3 Å². The van der Waals surface area contributed by atoms with Gasteiger partial charge < -0.3 is 10.5 Å². The number of hydrogen-bond donors (Lipinski definition) is 1. The molecule has 0 radical (unpaired) electrons. The van der Waals surface area contributed by atoms with E-state index in [-0.39, 0.29) is 5.88 Å². The predicted molar refractivity (Wildman–Crippen MR) is 45.0 cm³/mol. The van der Waals surface area contributed by atoms with E-state index in [2.05, 4.69) is 9.72 Å². The fourth-order valence-electron chi connectivity index (χ4n) is 0.383. The first-order chi connectivity index (χ1) is 4.70. The van der Waals surface area contributed by atoms with Crippen LogP contribution < -0.4 is 10.5 Å². The molecule has 10 heavy (non-hydrogen) atoms. The van der Waals surface area contributed by atoms with Gasteiger partial charge in [0.25, 0.3) is 0 Å². The van der Waals surface area contributed by atoms with Crippen molar-refractivity contribution in [1.29, 1.82) is 0 Å². The monoisotopic (exact) mass is 270 g/mol. The molecule has 0 aliphatic rings. The van der Waals surface area contributed by atoms with Crippen LogP contribution in [0, 0.1) is 2.88 Å². The van der Waals surface area contributed by atoms with Crippen LogP contribution in [0.5, 0.6) is 5.88 Å². The van der Waals surface area contributed by atoms with Crippen molar-refractivity contribution in [1.82, 2.24) is 4.98 Å². The highest BCUT2D eigenvalue weighted by Crippen LogP contribution is 2.22. The van der Waals surface area contributed by atoms with Crippen LogP contribution in [0.25, 0.3) is 0 Å². The Morgan fingerprint density at radius 2 is 2.60 bits per heavy atom. The van der Waals surface area contributed by atoms with Gasteiger partial charge in [-0.25, -0.2) is 9.78 Å². The molecule has 2 N–H and O–H groups in total. The van der Waals surface area contributed by atoms with Crippen molar-refractivity contribution in [2.24, 2.45) is 5.73 Å². The lowest BCUT2D eigenvalue weighted by Crippen LogP contribution is -2.16. The van der Waals surface area contributed by atoms with Crippen LogP contribution in [0.2, 0.25) is 0 Å². The summed E-state index contributed by atoms with van der Waals surface area (Å²) in [5.74, 6) is 0.290. The van der Waals surface area contributed by atoms with Gasteiger partial charge in [-0.3, -0.25) is 0 Å². The van der Waals surface area contributed by atoms with E-state index in [1.165, 1.54) is 11.3 Å². The Bertz CT molecular complexity index is 249. The molecule has 0 atom stereocenters. The van der Waals surface area contributed by atoms with Crippen molar-refractivity contribution in [2.45, 2.75) is 0 Å². The Morgan fingerprint density at radius 3 is 3.00 bits per heavy atom. The first-order valence-electron chi connectivity index (χ1n) is 2.26. The molecule has 0 bridgehead atoms. The van der Waals surface area contributed by atoms with E-state index in [0.717, 1.165) is 2.88 Å². The average Bonchev–Trinajstić information content (AvgIpc) is 2.15. The highest BCUT2D eigenvalue weighted by Gasteiger charge is 2.05. The predicted octanol–water partition coefficient (Wildman–Crippen LogP) is 1.21. The molecule has 1 heterocycles. The first-order valence-corrected chi connectivity index (χ1v) is 4.22. The first kappa shape index (κ1) is 7.73. The zero-order chi connectivity index (χ0) is 7.56. The number of nitrogens with zero attached hydrogens (tertiary/aromatic N) is 1. The molecule has 4 nitrogen and oxygen atoms in total. The van der Waals surface area contributed by atoms with E-state index in [4.69, 9.17) is 5.73 Å². The fraction of sp³-hybridized carbons (Fsp3) is 0. The number of aromatic nitrogens is 1. The van der Waals surface area contributed by atoms with Crippen LogP contribution in [-0.2, 0) is 0 Å². The number of thiazole rings is 1. The quantitative estimate of drug-likeness (QED) is 0.780. The SMILES string of the molecule is NC(=O)Oc1ncsc1I.